The Balaban J connectivity index is 1.73. The van der Waals surface area contributed by atoms with E-state index in [4.69, 9.17) is 19.4 Å². The normalized spacial score (nSPS) is 22.1. The predicted octanol–water partition coefficient (Wildman–Crippen LogP) is 3.35. The van der Waals surface area contributed by atoms with Gasteiger partial charge < -0.3 is 24.6 Å². The number of methoxy groups -OCH3 is 2. The third-order valence-electron chi connectivity index (χ3n) is 6.59. The van der Waals surface area contributed by atoms with Gasteiger partial charge in [0.25, 0.3) is 0 Å². The predicted molar refractivity (Wildman–Crippen MR) is 121 cm³/mol. The number of fused-ring (bicyclic) bond motifs is 1. The molecular formula is C23H35N5O2. The Kier molecular flexibility index (Phi) is 6.58. The van der Waals surface area contributed by atoms with Gasteiger partial charge in [-0.3, -0.25) is 0 Å². The van der Waals surface area contributed by atoms with Crippen molar-refractivity contribution in [3.8, 4) is 11.5 Å². The zero-order valence-corrected chi connectivity index (χ0v) is 18.8. The van der Waals surface area contributed by atoms with E-state index < -0.39 is 0 Å². The fraction of sp³-hybridized carbons (Fsp3) is 0.652. The lowest BCUT2D eigenvalue weighted by molar-refractivity contribution is 0.263. The summed E-state index contributed by atoms with van der Waals surface area (Å²) in [5.74, 6) is 3.71. The molecule has 0 bridgehead atoms. The van der Waals surface area contributed by atoms with Crippen molar-refractivity contribution in [1.29, 1.82) is 0 Å². The number of hydrogen-bond acceptors (Lipinski definition) is 7. The highest BCUT2D eigenvalue weighted by Gasteiger charge is 2.23. The Hall–Kier alpha value is -2.12. The Morgan fingerprint density at radius 3 is 2.27 bits per heavy atom. The molecule has 0 unspecified atom stereocenters. The molecule has 7 heteroatoms. The van der Waals surface area contributed by atoms with Crippen molar-refractivity contribution in [2.75, 3.05) is 59.8 Å². The second-order valence-corrected chi connectivity index (χ2v) is 8.81. The Morgan fingerprint density at radius 2 is 1.53 bits per heavy atom. The number of aromatic nitrogens is 2. The molecule has 1 N–H and O–H groups in total. The number of anilines is 1. The second-order valence-electron chi connectivity index (χ2n) is 8.81. The number of likely N-dealkylation sites (tertiary alicyclic amines) is 2. The number of benzene rings is 1. The molecule has 0 radical (unpaired) electrons. The number of hydrogen-bond donors (Lipinski definition) is 1. The highest BCUT2D eigenvalue weighted by Crippen LogP contribution is 2.36. The maximum absolute atomic E-state index is 5.56. The smallest absolute Gasteiger partial charge is 0.162 e. The molecule has 2 saturated heterocycles. The van der Waals surface area contributed by atoms with Crippen LogP contribution in [0.3, 0.4) is 0 Å². The molecule has 1 aromatic heterocycles. The summed E-state index contributed by atoms with van der Waals surface area (Å²) in [5.41, 5.74) is 0.922. The number of piperidine rings is 1. The van der Waals surface area contributed by atoms with Crippen molar-refractivity contribution in [2.45, 2.75) is 44.1 Å². The summed E-state index contributed by atoms with van der Waals surface area (Å²) in [5, 5.41) is 4.75. The minimum absolute atomic E-state index is 0.394. The van der Waals surface area contributed by atoms with Crippen molar-refractivity contribution in [1.82, 2.24) is 19.8 Å². The van der Waals surface area contributed by atoms with Crippen LogP contribution >= 0.6 is 0 Å². The molecule has 164 valence electrons. The summed E-state index contributed by atoms with van der Waals surface area (Å²) in [4.78, 5) is 14.9. The van der Waals surface area contributed by atoms with E-state index in [1.807, 2.05) is 12.1 Å². The molecule has 7 nitrogen and oxygen atoms in total. The van der Waals surface area contributed by atoms with E-state index in [1.165, 1.54) is 6.42 Å². The largest absolute Gasteiger partial charge is 0.493 e. The molecule has 1 aromatic carbocycles. The van der Waals surface area contributed by atoms with Crippen molar-refractivity contribution in [2.24, 2.45) is 0 Å². The number of nitrogens with one attached hydrogen (secondary N) is 1. The van der Waals surface area contributed by atoms with Gasteiger partial charge in [0, 0.05) is 23.4 Å². The van der Waals surface area contributed by atoms with E-state index in [0.29, 0.717) is 23.5 Å². The maximum Gasteiger partial charge on any atom is 0.162 e. The highest BCUT2D eigenvalue weighted by molar-refractivity contribution is 5.92. The first-order valence-electron chi connectivity index (χ1n) is 11.1. The van der Waals surface area contributed by atoms with Gasteiger partial charge in [-0.1, -0.05) is 0 Å². The number of nitrogens with zero attached hydrogens (tertiary/aromatic N) is 4. The van der Waals surface area contributed by atoms with Crippen molar-refractivity contribution in [3.05, 3.63) is 18.0 Å². The summed E-state index contributed by atoms with van der Waals surface area (Å²) >= 11 is 0. The molecule has 2 aliphatic heterocycles. The van der Waals surface area contributed by atoms with Gasteiger partial charge in [0.2, 0.25) is 0 Å². The van der Waals surface area contributed by atoms with E-state index in [-0.39, 0.29) is 0 Å². The molecule has 4 rings (SSSR count). The third-order valence-corrected chi connectivity index (χ3v) is 6.59. The summed E-state index contributed by atoms with van der Waals surface area (Å²) < 4.78 is 11.1. The molecule has 0 saturated carbocycles. The lowest BCUT2D eigenvalue weighted by Crippen LogP contribution is -2.37. The Labute approximate surface area is 179 Å². The zero-order chi connectivity index (χ0) is 21.1. The SMILES string of the molecule is COc1cc2nc([C@@H]3CCCN(C)CC3)nc(NC3CCN(C)CC3)c2cc1OC. The van der Waals surface area contributed by atoms with Crippen LogP contribution in [0, 0.1) is 0 Å². The van der Waals surface area contributed by atoms with Crippen LogP contribution in [0.1, 0.15) is 43.8 Å². The number of ether oxygens (including phenoxy) is 2. The van der Waals surface area contributed by atoms with Crippen LogP contribution in [0.2, 0.25) is 0 Å². The average Bonchev–Trinajstić information content (AvgIpc) is 2.98. The van der Waals surface area contributed by atoms with Crippen LogP contribution in [0.5, 0.6) is 11.5 Å². The van der Waals surface area contributed by atoms with E-state index >= 15 is 0 Å². The van der Waals surface area contributed by atoms with Crippen LogP contribution in [-0.4, -0.2) is 80.3 Å². The first kappa shape index (κ1) is 21.1. The van der Waals surface area contributed by atoms with E-state index in [0.717, 1.165) is 74.4 Å². The molecule has 0 spiro atoms. The quantitative estimate of drug-likeness (QED) is 0.806. The molecule has 0 amide bonds. The lowest BCUT2D eigenvalue weighted by atomic mass is 9.99. The highest BCUT2D eigenvalue weighted by atomic mass is 16.5. The van der Waals surface area contributed by atoms with Crippen molar-refractivity contribution < 1.29 is 9.47 Å². The summed E-state index contributed by atoms with van der Waals surface area (Å²) in [6.07, 6.45) is 5.67. The van der Waals surface area contributed by atoms with Gasteiger partial charge in [-0.2, -0.15) is 0 Å². The van der Waals surface area contributed by atoms with Crippen LogP contribution < -0.4 is 14.8 Å². The molecule has 3 heterocycles. The first-order valence-corrected chi connectivity index (χ1v) is 11.1. The molecule has 30 heavy (non-hydrogen) atoms. The average molecular weight is 414 g/mol. The van der Waals surface area contributed by atoms with Gasteiger partial charge in [0.15, 0.2) is 11.5 Å². The lowest BCUT2D eigenvalue weighted by Gasteiger charge is -2.30. The van der Waals surface area contributed by atoms with Crippen LogP contribution in [-0.2, 0) is 0 Å². The Bertz CT molecular complexity index is 866. The Morgan fingerprint density at radius 1 is 0.867 bits per heavy atom. The van der Waals surface area contributed by atoms with Gasteiger partial charge in [0.05, 0.1) is 19.7 Å². The molecule has 1 atom stereocenters. The fourth-order valence-corrected chi connectivity index (χ4v) is 4.61. The van der Waals surface area contributed by atoms with E-state index in [2.05, 4.69) is 29.2 Å². The van der Waals surface area contributed by atoms with Crippen molar-refractivity contribution in [3.63, 3.8) is 0 Å². The monoisotopic (exact) mass is 413 g/mol. The molecule has 2 fully saturated rings. The van der Waals surface area contributed by atoms with Crippen LogP contribution in [0.15, 0.2) is 12.1 Å². The zero-order valence-electron chi connectivity index (χ0n) is 18.8. The standard InChI is InChI=1S/C23H35N5O2/c1-27-10-5-6-16(7-11-27)22-25-19-15-21(30-4)20(29-3)14-18(19)23(26-22)24-17-8-12-28(2)13-9-17/h14-17H,5-13H2,1-4H3,(H,24,25,26)/t16-/m1/s1. The molecule has 2 aliphatic rings. The molecule has 0 aliphatic carbocycles. The molecular weight excluding hydrogens is 378 g/mol. The summed E-state index contributed by atoms with van der Waals surface area (Å²) in [6, 6.07) is 4.43. The maximum atomic E-state index is 5.56. The van der Waals surface area contributed by atoms with Crippen LogP contribution in [0.25, 0.3) is 10.9 Å². The number of rotatable bonds is 5. The summed E-state index contributed by atoms with van der Waals surface area (Å²) in [7, 11) is 7.73. The van der Waals surface area contributed by atoms with Gasteiger partial charge in [-0.05, 0) is 78.4 Å². The second kappa shape index (κ2) is 9.35. The molecule has 2 aromatic rings. The van der Waals surface area contributed by atoms with Gasteiger partial charge in [-0.25, -0.2) is 9.97 Å². The minimum atomic E-state index is 0.394. The van der Waals surface area contributed by atoms with Gasteiger partial charge in [-0.15, -0.1) is 0 Å². The van der Waals surface area contributed by atoms with E-state index in [1.54, 1.807) is 14.2 Å². The first-order chi connectivity index (χ1) is 14.6. The van der Waals surface area contributed by atoms with E-state index in [9.17, 15) is 0 Å². The topological polar surface area (TPSA) is 62.8 Å². The van der Waals surface area contributed by atoms with Crippen molar-refractivity contribution >= 4 is 16.7 Å². The fourth-order valence-electron chi connectivity index (χ4n) is 4.61. The summed E-state index contributed by atoms with van der Waals surface area (Å²) in [6.45, 7) is 4.46. The van der Waals surface area contributed by atoms with Gasteiger partial charge >= 0.3 is 0 Å². The van der Waals surface area contributed by atoms with Crippen LogP contribution in [0.4, 0.5) is 5.82 Å². The third kappa shape index (κ3) is 4.62. The van der Waals surface area contributed by atoms with Gasteiger partial charge in [0.1, 0.15) is 11.6 Å². The minimum Gasteiger partial charge on any atom is -0.493 e.